The van der Waals surface area contributed by atoms with Crippen LogP contribution >= 0.6 is 0 Å². The predicted molar refractivity (Wildman–Crippen MR) is 65.3 cm³/mol. The average Bonchev–Trinajstić information content (AvgIpc) is 2.38. The van der Waals surface area contributed by atoms with Gasteiger partial charge < -0.3 is 10.8 Å². The number of nitrogens with two attached hydrogens (primary N) is 1. The minimum atomic E-state index is -0.0737. The Hall–Kier alpha value is -1.04. The van der Waals surface area contributed by atoms with E-state index in [0.29, 0.717) is 0 Å². The van der Waals surface area contributed by atoms with Crippen LogP contribution in [0, 0.1) is 0 Å². The lowest BCUT2D eigenvalue weighted by Gasteiger charge is -2.27. The van der Waals surface area contributed by atoms with Gasteiger partial charge in [-0.2, -0.15) is 0 Å². The lowest BCUT2D eigenvalue weighted by molar-refractivity contribution is 0.226. The molecule has 5 heteroatoms. The van der Waals surface area contributed by atoms with Gasteiger partial charge in [-0.25, -0.2) is 9.97 Å². The molecule has 0 aliphatic carbocycles. The number of hydrogen-bond acceptors (Lipinski definition) is 5. The van der Waals surface area contributed by atoms with Crippen LogP contribution in [-0.2, 0) is 13.0 Å². The maximum Gasteiger partial charge on any atom is 0.115 e. The summed E-state index contributed by atoms with van der Waals surface area (Å²) in [5.41, 5.74) is 8.10. The van der Waals surface area contributed by atoms with Crippen LogP contribution in [0.2, 0.25) is 0 Å². The Morgan fingerprint density at radius 1 is 1.53 bits per heavy atom. The second-order valence-corrected chi connectivity index (χ2v) is 4.61. The molecule has 5 nitrogen and oxygen atoms in total. The van der Waals surface area contributed by atoms with E-state index in [1.54, 1.807) is 6.33 Å². The number of rotatable bonds is 5. The van der Waals surface area contributed by atoms with Crippen molar-refractivity contribution < 1.29 is 5.11 Å². The van der Waals surface area contributed by atoms with Crippen molar-refractivity contribution in [2.24, 2.45) is 5.73 Å². The maximum atomic E-state index is 8.85. The van der Waals surface area contributed by atoms with E-state index in [9.17, 15) is 0 Å². The van der Waals surface area contributed by atoms with Crippen molar-refractivity contribution in [2.75, 3.05) is 19.7 Å². The first-order chi connectivity index (χ1) is 8.29. The second kappa shape index (κ2) is 6.05. The smallest absolute Gasteiger partial charge is 0.115 e. The van der Waals surface area contributed by atoms with Crippen LogP contribution in [0.3, 0.4) is 0 Å². The highest BCUT2D eigenvalue weighted by Crippen LogP contribution is 2.15. The Morgan fingerprint density at radius 3 is 3.24 bits per heavy atom. The zero-order valence-corrected chi connectivity index (χ0v) is 10.0. The summed E-state index contributed by atoms with van der Waals surface area (Å²) in [4.78, 5) is 10.7. The molecule has 1 aliphatic heterocycles. The Balaban J connectivity index is 1.78. The van der Waals surface area contributed by atoms with Gasteiger partial charge in [0.1, 0.15) is 6.33 Å². The summed E-state index contributed by atoms with van der Waals surface area (Å²) in [6.07, 6.45) is 6.45. The van der Waals surface area contributed by atoms with Crippen LogP contribution in [0.5, 0.6) is 0 Å². The van der Waals surface area contributed by atoms with Crippen molar-refractivity contribution in [3.63, 3.8) is 0 Å². The minimum absolute atomic E-state index is 0.0737. The van der Waals surface area contributed by atoms with Gasteiger partial charge in [-0.1, -0.05) is 0 Å². The monoisotopic (exact) mass is 236 g/mol. The summed E-state index contributed by atoms with van der Waals surface area (Å²) < 4.78 is 0. The van der Waals surface area contributed by atoms with E-state index >= 15 is 0 Å². The van der Waals surface area contributed by atoms with Gasteiger partial charge >= 0.3 is 0 Å². The fourth-order valence-electron chi connectivity index (χ4n) is 2.18. The summed E-state index contributed by atoms with van der Waals surface area (Å²) in [6, 6.07) is -0.0737. The quantitative estimate of drug-likeness (QED) is 0.749. The molecule has 1 unspecified atom stereocenters. The largest absolute Gasteiger partial charge is 0.395 e. The average molecular weight is 236 g/mol. The first-order valence-corrected chi connectivity index (χ1v) is 6.16. The molecule has 3 N–H and O–H groups in total. The molecular weight excluding hydrogens is 216 g/mol. The maximum absolute atomic E-state index is 8.85. The third kappa shape index (κ3) is 3.46. The number of aromatic nitrogens is 2. The summed E-state index contributed by atoms with van der Waals surface area (Å²) in [5.74, 6) is 0. The highest BCUT2D eigenvalue weighted by Gasteiger charge is 2.16. The van der Waals surface area contributed by atoms with E-state index in [0.717, 1.165) is 38.9 Å². The molecule has 1 aromatic heterocycles. The number of aliphatic hydroxyl groups is 1. The highest BCUT2D eigenvalue weighted by atomic mass is 16.3. The van der Waals surface area contributed by atoms with Gasteiger partial charge in [-0.05, 0) is 19.4 Å². The van der Waals surface area contributed by atoms with Crippen molar-refractivity contribution in [1.82, 2.24) is 14.9 Å². The van der Waals surface area contributed by atoms with Crippen LogP contribution in [0.15, 0.2) is 12.5 Å². The summed E-state index contributed by atoms with van der Waals surface area (Å²) in [7, 11) is 0. The van der Waals surface area contributed by atoms with Crippen molar-refractivity contribution in [2.45, 2.75) is 31.8 Å². The van der Waals surface area contributed by atoms with Crippen LogP contribution in [-0.4, -0.2) is 45.7 Å². The van der Waals surface area contributed by atoms with Gasteiger partial charge in [0, 0.05) is 43.0 Å². The standard InChI is InChI=1S/C12H20N4O/c13-11(8-17)2-1-4-16-5-3-12-10(7-16)6-14-9-15-12/h6,9,11,17H,1-5,7-8,13H2. The van der Waals surface area contributed by atoms with Gasteiger partial charge in [0.15, 0.2) is 0 Å². The fraction of sp³-hybridized carbons (Fsp3) is 0.667. The normalized spacial score (nSPS) is 17.8. The summed E-state index contributed by atoms with van der Waals surface area (Å²) in [6.45, 7) is 3.10. The van der Waals surface area contributed by atoms with Crippen LogP contribution < -0.4 is 5.73 Å². The van der Waals surface area contributed by atoms with Gasteiger partial charge in [-0.15, -0.1) is 0 Å². The van der Waals surface area contributed by atoms with Gasteiger partial charge in [0.05, 0.1) is 6.61 Å². The molecule has 0 radical (unpaired) electrons. The van der Waals surface area contributed by atoms with E-state index < -0.39 is 0 Å². The number of fused-ring (bicyclic) bond motifs is 1. The van der Waals surface area contributed by atoms with E-state index in [4.69, 9.17) is 10.8 Å². The number of aliphatic hydroxyl groups excluding tert-OH is 1. The van der Waals surface area contributed by atoms with E-state index in [1.807, 2.05) is 6.20 Å². The summed E-state index contributed by atoms with van der Waals surface area (Å²) >= 11 is 0. The Bertz CT molecular complexity index is 358. The SMILES string of the molecule is NC(CO)CCCN1CCc2ncncc2C1. The molecule has 1 aliphatic rings. The molecule has 1 aromatic rings. The molecule has 2 heterocycles. The van der Waals surface area contributed by atoms with Gasteiger partial charge in [-0.3, -0.25) is 4.90 Å². The first-order valence-electron chi connectivity index (χ1n) is 6.16. The molecule has 0 spiro atoms. The first kappa shape index (κ1) is 12.4. The predicted octanol–water partition coefficient (Wildman–Crippen LogP) is -0.0655. The lowest BCUT2D eigenvalue weighted by Crippen LogP contribution is -2.33. The minimum Gasteiger partial charge on any atom is -0.395 e. The molecule has 0 saturated heterocycles. The topological polar surface area (TPSA) is 75.3 Å². The second-order valence-electron chi connectivity index (χ2n) is 4.61. The number of hydrogen-bond donors (Lipinski definition) is 2. The highest BCUT2D eigenvalue weighted by molar-refractivity contribution is 5.18. The Labute approximate surface area is 102 Å². The third-order valence-electron chi connectivity index (χ3n) is 3.22. The van der Waals surface area contributed by atoms with Gasteiger partial charge in [0.25, 0.3) is 0 Å². The molecule has 2 rings (SSSR count). The fourth-order valence-corrected chi connectivity index (χ4v) is 2.18. The Morgan fingerprint density at radius 2 is 2.41 bits per heavy atom. The van der Waals surface area contributed by atoms with Crippen LogP contribution in [0.25, 0.3) is 0 Å². The Kier molecular flexibility index (Phi) is 4.42. The lowest BCUT2D eigenvalue weighted by atomic mass is 10.1. The molecule has 17 heavy (non-hydrogen) atoms. The third-order valence-corrected chi connectivity index (χ3v) is 3.22. The van der Waals surface area contributed by atoms with E-state index in [2.05, 4.69) is 14.9 Å². The molecular formula is C12H20N4O. The molecule has 0 saturated carbocycles. The van der Waals surface area contributed by atoms with Crippen molar-refractivity contribution in [1.29, 1.82) is 0 Å². The zero-order chi connectivity index (χ0) is 12.1. The van der Waals surface area contributed by atoms with Gasteiger partial charge in [0.2, 0.25) is 0 Å². The van der Waals surface area contributed by atoms with Crippen LogP contribution in [0.4, 0.5) is 0 Å². The summed E-state index contributed by atoms with van der Waals surface area (Å²) in [5, 5.41) is 8.85. The molecule has 0 amide bonds. The molecule has 0 fully saturated rings. The van der Waals surface area contributed by atoms with Crippen LogP contribution in [0.1, 0.15) is 24.1 Å². The van der Waals surface area contributed by atoms with E-state index in [1.165, 1.54) is 11.3 Å². The van der Waals surface area contributed by atoms with Crippen molar-refractivity contribution in [3.05, 3.63) is 23.8 Å². The van der Waals surface area contributed by atoms with Crippen molar-refractivity contribution >= 4 is 0 Å². The molecule has 94 valence electrons. The zero-order valence-electron chi connectivity index (χ0n) is 10.0. The molecule has 0 bridgehead atoms. The van der Waals surface area contributed by atoms with E-state index in [-0.39, 0.29) is 12.6 Å². The molecule has 0 aromatic carbocycles. The molecule has 1 atom stereocenters. The van der Waals surface area contributed by atoms with Crippen molar-refractivity contribution in [3.8, 4) is 0 Å². The number of nitrogens with zero attached hydrogens (tertiary/aromatic N) is 3.